The van der Waals surface area contributed by atoms with Gasteiger partial charge in [0.15, 0.2) is 9.84 Å². The molecule has 1 saturated heterocycles. The second-order valence-corrected chi connectivity index (χ2v) is 13.3. The lowest BCUT2D eigenvalue weighted by Gasteiger charge is -2.47. The number of rotatable bonds is 4. The van der Waals surface area contributed by atoms with Crippen molar-refractivity contribution in [3.05, 3.63) is 64.7 Å². The maximum Gasteiger partial charge on any atom is 0.214 e. The number of benzene rings is 2. The molecule has 0 bridgehead atoms. The van der Waals surface area contributed by atoms with Gasteiger partial charge in [-0.25, -0.2) is 30.3 Å². The number of fused-ring (bicyclic) bond motifs is 1. The van der Waals surface area contributed by atoms with E-state index in [-0.39, 0.29) is 42.1 Å². The zero-order valence-corrected chi connectivity index (χ0v) is 19.8. The number of sulfonamides is 1. The van der Waals surface area contributed by atoms with Gasteiger partial charge < -0.3 is 0 Å². The van der Waals surface area contributed by atoms with Crippen LogP contribution in [0.5, 0.6) is 0 Å². The van der Waals surface area contributed by atoms with Gasteiger partial charge in [0, 0.05) is 16.6 Å². The van der Waals surface area contributed by atoms with Gasteiger partial charge in [-0.1, -0.05) is 18.5 Å². The minimum atomic E-state index is -4.18. The summed E-state index contributed by atoms with van der Waals surface area (Å²) in [5.74, 6) is -1.86. The van der Waals surface area contributed by atoms with E-state index in [1.807, 2.05) is 0 Å². The van der Waals surface area contributed by atoms with Crippen molar-refractivity contribution >= 4 is 31.5 Å². The van der Waals surface area contributed by atoms with Gasteiger partial charge in [-0.3, -0.25) is 0 Å². The lowest BCUT2D eigenvalue weighted by Crippen LogP contribution is -2.57. The molecule has 4 rings (SSSR count). The molecule has 0 radical (unpaired) electrons. The molecule has 10 heteroatoms. The Hall–Kier alpha value is -1.55. The minimum absolute atomic E-state index is 0.0119. The van der Waals surface area contributed by atoms with Crippen LogP contribution in [0.1, 0.15) is 44.6 Å². The Balaban J connectivity index is 1.87. The van der Waals surface area contributed by atoms with E-state index in [2.05, 4.69) is 4.72 Å². The Bertz CT molecular complexity index is 1240. The molecule has 1 saturated carbocycles. The van der Waals surface area contributed by atoms with Gasteiger partial charge in [0.1, 0.15) is 16.4 Å². The van der Waals surface area contributed by atoms with E-state index >= 15 is 4.39 Å². The number of hydrogen-bond donors (Lipinski definition) is 1. The maximum atomic E-state index is 15.0. The molecule has 0 amide bonds. The number of sulfone groups is 1. The van der Waals surface area contributed by atoms with Gasteiger partial charge in [-0.15, -0.1) is 0 Å². The highest BCUT2D eigenvalue weighted by molar-refractivity contribution is 7.92. The summed E-state index contributed by atoms with van der Waals surface area (Å²) in [5, 5.41) is -0.304. The summed E-state index contributed by atoms with van der Waals surface area (Å²) in [6, 6.07) is 8.02. The zero-order chi connectivity index (χ0) is 23.3. The van der Waals surface area contributed by atoms with Crippen molar-refractivity contribution in [2.24, 2.45) is 5.92 Å². The van der Waals surface area contributed by atoms with Crippen LogP contribution in [0.15, 0.2) is 47.4 Å². The van der Waals surface area contributed by atoms with Crippen molar-refractivity contribution in [2.75, 3.05) is 0 Å². The molecule has 174 valence electrons. The third kappa shape index (κ3) is 3.87. The van der Waals surface area contributed by atoms with Gasteiger partial charge in [-0.2, -0.15) is 0 Å². The molecule has 32 heavy (non-hydrogen) atoms. The fourth-order valence-electron chi connectivity index (χ4n) is 5.17. The molecule has 0 spiro atoms. The summed E-state index contributed by atoms with van der Waals surface area (Å²) < 4.78 is 83.1. The molecule has 1 aliphatic carbocycles. The van der Waals surface area contributed by atoms with E-state index in [9.17, 15) is 21.2 Å². The van der Waals surface area contributed by atoms with E-state index in [0.717, 1.165) is 18.2 Å². The number of nitrogens with one attached hydrogen (secondary N) is 1. The normalized spacial score (nSPS) is 29.9. The second kappa shape index (κ2) is 8.34. The van der Waals surface area contributed by atoms with Crippen molar-refractivity contribution in [1.29, 1.82) is 0 Å². The average molecular weight is 504 g/mol. The lowest BCUT2D eigenvalue weighted by molar-refractivity contribution is 0.206. The first-order valence-electron chi connectivity index (χ1n) is 10.5. The second-order valence-electron chi connectivity index (χ2n) is 8.61. The molecule has 4 atom stereocenters. The summed E-state index contributed by atoms with van der Waals surface area (Å²) in [6.07, 6.45) is 0.791. The molecule has 2 aromatic rings. The topological polar surface area (TPSA) is 80.3 Å². The van der Waals surface area contributed by atoms with Gasteiger partial charge >= 0.3 is 0 Å². The summed E-state index contributed by atoms with van der Waals surface area (Å²) in [6.45, 7) is 1.76. The molecule has 1 heterocycles. The van der Waals surface area contributed by atoms with Crippen LogP contribution in [0.2, 0.25) is 5.02 Å². The third-order valence-corrected chi connectivity index (χ3v) is 11.7. The quantitative estimate of drug-likeness (QED) is 0.663. The van der Waals surface area contributed by atoms with Crippen LogP contribution in [-0.4, -0.2) is 28.1 Å². The SMILES string of the molecule is CC[C@@H]1C[C@H]2C[C@@](c3cc(F)ccc3F)(S(=O)(=O)c3ccc(Cl)cc3)CC[C@H]2NS1(=O)=O. The summed E-state index contributed by atoms with van der Waals surface area (Å²) in [7, 11) is -7.68. The predicted molar refractivity (Wildman–Crippen MR) is 119 cm³/mol. The third-order valence-electron chi connectivity index (χ3n) is 6.85. The van der Waals surface area contributed by atoms with Gasteiger partial charge in [-0.05, 0) is 80.5 Å². The molecule has 2 fully saturated rings. The van der Waals surface area contributed by atoms with Gasteiger partial charge in [0.25, 0.3) is 0 Å². The maximum absolute atomic E-state index is 15.0. The van der Waals surface area contributed by atoms with Crippen molar-refractivity contribution in [1.82, 2.24) is 4.72 Å². The van der Waals surface area contributed by atoms with Crippen molar-refractivity contribution in [3.63, 3.8) is 0 Å². The number of hydrogen-bond acceptors (Lipinski definition) is 4. The van der Waals surface area contributed by atoms with Crippen LogP contribution >= 0.6 is 11.6 Å². The Kier molecular flexibility index (Phi) is 6.15. The fourth-order valence-corrected chi connectivity index (χ4v) is 9.37. The van der Waals surface area contributed by atoms with Crippen LogP contribution in [0.4, 0.5) is 8.78 Å². The Morgan fingerprint density at radius 2 is 1.84 bits per heavy atom. The van der Waals surface area contributed by atoms with E-state index in [4.69, 9.17) is 11.6 Å². The summed E-state index contributed by atoms with van der Waals surface area (Å²) >= 11 is 5.93. The highest BCUT2D eigenvalue weighted by atomic mass is 35.5. The molecular weight excluding hydrogens is 480 g/mol. The molecule has 1 N–H and O–H groups in total. The monoisotopic (exact) mass is 503 g/mol. The van der Waals surface area contributed by atoms with Crippen LogP contribution in [0.25, 0.3) is 0 Å². The molecule has 0 unspecified atom stereocenters. The van der Waals surface area contributed by atoms with Crippen molar-refractivity contribution in [3.8, 4) is 0 Å². The number of halogens is 3. The first-order chi connectivity index (χ1) is 15.0. The van der Waals surface area contributed by atoms with Gasteiger partial charge in [0.05, 0.1) is 10.1 Å². The Labute approximate surface area is 192 Å². The van der Waals surface area contributed by atoms with Crippen molar-refractivity contribution in [2.45, 2.75) is 60.0 Å². The van der Waals surface area contributed by atoms with E-state index in [1.54, 1.807) is 6.92 Å². The standard InChI is InChI=1S/C22H24ClF2NO4S2/c1-2-17-11-14-13-22(10-9-21(14)26-32(17,29)30,19-12-16(24)5-8-20(19)25)31(27,28)18-6-3-15(23)4-7-18/h3-8,12,14,17,21,26H,2,9-11,13H2,1H3/t14-,17+,21+,22-/m0/s1. The molecule has 2 aromatic carbocycles. The fraction of sp³-hybridized carbons (Fsp3) is 0.455. The van der Waals surface area contributed by atoms with Crippen LogP contribution < -0.4 is 4.72 Å². The van der Waals surface area contributed by atoms with E-state index in [0.29, 0.717) is 11.4 Å². The smallest absolute Gasteiger partial charge is 0.214 e. The Morgan fingerprint density at radius 1 is 1.16 bits per heavy atom. The minimum Gasteiger partial charge on any atom is -0.223 e. The lowest BCUT2D eigenvalue weighted by atomic mass is 9.72. The van der Waals surface area contributed by atoms with Gasteiger partial charge in [0.2, 0.25) is 10.0 Å². The van der Waals surface area contributed by atoms with Crippen LogP contribution in [0, 0.1) is 17.6 Å². The highest BCUT2D eigenvalue weighted by Crippen LogP contribution is 2.52. The summed E-state index contributed by atoms with van der Waals surface area (Å²) in [5.41, 5.74) is -0.215. The molecule has 2 aliphatic rings. The van der Waals surface area contributed by atoms with E-state index < -0.39 is 47.5 Å². The van der Waals surface area contributed by atoms with E-state index in [1.165, 1.54) is 24.3 Å². The first-order valence-corrected chi connectivity index (χ1v) is 13.9. The average Bonchev–Trinajstić information content (AvgIpc) is 2.74. The van der Waals surface area contributed by atoms with Crippen molar-refractivity contribution < 1.29 is 25.6 Å². The first kappa shape index (κ1) is 23.6. The highest BCUT2D eigenvalue weighted by Gasteiger charge is 2.55. The molecule has 5 nitrogen and oxygen atoms in total. The van der Waals surface area contributed by atoms with Crippen LogP contribution in [-0.2, 0) is 24.6 Å². The molecule has 0 aromatic heterocycles. The largest absolute Gasteiger partial charge is 0.223 e. The zero-order valence-electron chi connectivity index (χ0n) is 17.4. The predicted octanol–water partition coefficient (Wildman–Crippen LogP) is 4.56. The molecular formula is C22H24ClF2NO4S2. The van der Waals surface area contributed by atoms with Crippen LogP contribution in [0.3, 0.4) is 0 Å². The summed E-state index contributed by atoms with van der Waals surface area (Å²) in [4.78, 5) is -0.0348. The molecule has 1 aliphatic heterocycles. The Morgan fingerprint density at radius 3 is 2.50 bits per heavy atom.